The van der Waals surface area contributed by atoms with Crippen molar-refractivity contribution in [3.63, 3.8) is 0 Å². The number of rotatable bonds is 7. The fourth-order valence-electron chi connectivity index (χ4n) is 2.13. The zero-order valence-corrected chi connectivity index (χ0v) is 15.1. The number of amides is 2. The molecule has 0 atom stereocenters. The summed E-state index contributed by atoms with van der Waals surface area (Å²) in [6, 6.07) is 11.4. The van der Waals surface area contributed by atoms with Gasteiger partial charge in [0.25, 0.3) is 5.91 Å². The average molecular weight is 374 g/mol. The molecule has 0 fully saturated rings. The van der Waals surface area contributed by atoms with Gasteiger partial charge in [0.2, 0.25) is 11.0 Å². The summed E-state index contributed by atoms with van der Waals surface area (Å²) in [5.41, 5.74) is 5.72. The molecule has 0 unspecified atom stereocenters. The van der Waals surface area contributed by atoms with Gasteiger partial charge >= 0.3 is 0 Å². The number of ether oxygens (including phenoxy) is 2. The van der Waals surface area contributed by atoms with Crippen LogP contribution in [0.1, 0.15) is 20.7 Å². The summed E-state index contributed by atoms with van der Waals surface area (Å²) in [7, 11) is 2.99. The highest BCUT2D eigenvalue weighted by molar-refractivity contribution is 8.14. The highest BCUT2D eigenvalue weighted by Gasteiger charge is 2.17. The Morgan fingerprint density at radius 1 is 1.04 bits per heavy atom. The van der Waals surface area contributed by atoms with Crippen LogP contribution in [0, 0.1) is 0 Å². The fourth-order valence-corrected chi connectivity index (χ4v) is 2.99. The van der Waals surface area contributed by atoms with Crippen molar-refractivity contribution in [2.45, 2.75) is 4.90 Å². The maximum atomic E-state index is 12.6. The van der Waals surface area contributed by atoms with Crippen LogP contribution in [0.25, 0.3) is 0 Å². The van der Waals surface area contributed by atoms with Gasteiger partial charge in [-0.3, -0.25) is 14.4 Å². The van der Waals surface area contributed by atoms with Gasteiger partial charge in [0.1, 0.15) is 0 Å². The van der Waals surface area contributed by atoms with Crippen LogP contribution >= 0.6 is 11.8 Å². The minimum absolute atomic E-state index is 0.263. The number of nitrogens with one attached hydrogen (secondary N) is 1. The molecule has 0 aliphatic carbocycles. The normalized spacial score (nSPS) is 10.1. The van der Waals surface area contributed by atoms with Crippen LogP contribution in [0.15, 0.2) is 47.4 Å². The molecular formula is C18H18N2O5S. The minimum atomic E-state index is -0.648. The average Bonchev–Trinajstić information content (AvgIpc) is 2.65. The molecule has 0 bridgehead atoms. The molecule has 7 nitrogen and oxygen atoms in total. The Morgan fingerprint density at radius 3 is 2.38 bits per heavy atom. The molecule has 0 aliphatic heterocycles. The number of nitrogens with two attached hydrogens (primary N) is 1. The van der Waals surface area contributed by atoms with E-state index >= 15 is 0 Å². The minimum Gasteiger partial charge on any atom is -0.493 e. The van der Waals surface area contributed by atoms with Gasteiger partial charge in [-0.25, -0.2) is 0 Å². The second-order valence-electron chi connectivity index (χ2n) is 5.10. The number of thioether (sulfide) groups is 1. The molecule has 0 heterocycles. The van der Waals surface area contributed by atoms with Gasteiger partial charge in [-0.15, -0.1) is 0 Å². The highest BCUT2D eigenvalue weighted by Crippen LogP contribution is 2.31. The van der Waals surface area contributed by atoms with Crippen molar-refractivity contribution in [3.8, 4) is 11.5 Å². The van der Waals surface area contributed by atoms with E-state index in [9.17, 15) is 14.4 Å². The van der Waals surface area contributed by atoms with E-state index in [1.165, 1.54) is 14.2 Å². The molecule has 2 aromatic carbocycles. The van der Waals surface area contributed by atoms with Crippen molar-refractivity contribution < 1.29 is 23.9 Å². The Bertz CT molecular complexity index is 838. The topological polar surface area (TPSA) is 108 Å². The number of carbonyl (C=O) groups is 3. The molecule has 0 spiro atoms. The Hall–Kier alpha value is -3.00. The summed E-state index contributed by atoms with van der Waals surface area (Å²) >= 11 is 0.906. The Labute approximate surface area is 154 Å². The molecule has 0 saturated carbocycles. The lowest BCUT2D eigenvalue weighted by atomic mass is 10.2. The number of benzene rings is 2. The lowest BCUT2D eigenvalue weighted by Crippen LogP contribution is -2.33. The van der Waals surface area contributed by atoms with E-state index in [1.807, 2.05) is 0 Å². The first-order valence-electron chi connectivity index (χ1n) is 7.56. The van der Waals surface area contributed by atoms with E-state index in [2.05, 4.69) is 5.32 Å². The quantitative estimate of drug-likeness (QED) is 0.716. The molecule has 26 heavy (non-hydrogen) atoms. The van der Waals surface area contributed by atoms with Gasteiger partial charge < -0.3 is 20.5 Å². The van der Waals surface area contributed by atoms with E-state index in [1.54, 1.807) is 42.5 Å². The monoisotopic (exact) mass is 374 g/mol. The molecule has 0 radical (unpaired) electrons. The molecule has 2 amide bonds. The molecule has 2 aromatic rings. The lowest BCUT2D eigenvalue weighted by molar-refractivity contribution is -0.117. The predicted octanol–water partition coefficient (Wildman–Crippen LogP) is 1.85. The number of primary amides is 1. The molecular weight excluding hydrogens is 356 g/mol. The first kappa shape index (κ1) is 19.3. The van der Waals surface area contributed by atoms with Crippen LogP contribution in [0.2, 0.25) is 0 Å². The van der Waals surface area contributed by atoms with Crippen LogP contribution in [0.4, 0.5) is 0 Å². The van der Waals surface area contributed by atoms with E-state index in [0.29, 0.717) is 22.0 Å². The summed E-state index contributed by atoms with van der Waals surface area (Å²) in [5, 5.41) is 2.15. The van der Waals surface area contributed by atoms with E-state index in [-0.39, 0.29) is 17.2 Å². The third kappa shape index (κ3) is 4.76. The predicted molar refractivity (Wildman–Crippen MR) is 97.7 cm³/mol. The van der Waals surface area contributed by atoms with Crippen LogP contribution < -0.4 is 20.5 Å². The number of carbonyl (C=O) groups excluding carboxylic acids is 3. The summed E-state index contributed by atoms with van der Waals surface area (Å²) in [6.45, 7) is -0.276. The summed E-state index contributed by atoms with van der Waals surface area (Å²) in [4.78, 5) is 36.1. The SMILES string of the molecule is COc1ccc(C(=O)Sc2ccccc2C(=O)NCC(N)=O)cc1OC. The smallest absolute Gasteiger partial charge is 0.252 e. The standard InChI is InChI=1S/C18H18N2O5S/c1-24-13-8-7-11(9-14(13)25-2)18(23)26-15-6-4-3-5-12(15)17(22)20-10-16(19)21/h3-9H,10H2,1-2H3,(H2,19,21)(H,20,22). The van der Waals surface area contributed by atoms with Crippen molar-refractivity contribution >= 4 is 28.7 Å². The maximum Gasteiger partial charge on any atom is 0.252 e. The van der Waals surface area contributed by atoms with E-state index in [0.717, 1.165) is 11.8 Å². The molecule has 0 saturated heterocycles. The lowest BCUT2D eigenvalue weighted by Gasteiger charge is -2.10. The molecule has 8 heteroatoms. The zero-order chi connectivity index (χ0) is 19.1. The van der Waals surface area contributed by atoms with Gasteiger partial charge in [-0.2, -0.15) is 0 Å². The molecule has 0 aromatic heterocycles. The fraction of sp³-hybridized carbons (Fsp3) is 0.167. The number of hydrogen-bond donors (Lipinski definition) is 2. The molecule has 2 rings (SSSR count). The highest BCUT2D eigenvalue weighted by atomic mass is 32.2. The third-order valence-electron chi connectivity index (χ3n) is 3.38. The Morgan fingerprint density at radius 2 is 1.73 bits per heavy atom. The van der Waals surface area contributed by atoms with Gasteiger partial charge in [0, 0.05) is 10.5 Å². The van der Waals surface area contributed by atoms with Crippen LogP contribution in [0.5, 0.6) is 11.5 Å². The van der Waals surface area contributed by atoms with Gasteiger partial charge in [-0.1, -0.05) is 12.1 Å². The third-order valence-corrected chi connectivity index (χ3v) is 4.37. The van der Waals surface area contributed by atoms with Crippen LogP contribution in [-0.2, 0) is 4.79 Å². The van der Waals surface area contributed by atoms with Crippen molar-refractivity contribution in [2.24, 2.45) is 5.73 Å². The summed E-state index contributed by atoms with van der Waals surface area (Å²) in [5.74, 6) is -0.177. The Balaban J connectivity index is 2.22. The zero-order valence-electron chi connectivity index (χ0n) is 14.3. The number of methoxy groups -OCH3 is 2. The van der Waals surface area contributed by atoms with Crippen LogP contribution in [0.3, 0.4) is 0 Å². The van der Waals surface area contributed by atoms with Crippen molar-refractivity contribution in [3.05, 3.63) is 53.6 Å². The molecule has 3 N–H and O–H groups in total. The second-order valence-corrected chi connectivity index (χ2v) is 6.12. The largest absolute Gasteiger partial charge is 0.493 e. The summed E-state index contributed by atoms with van der Waals surface area (Å²) in [6.07, 6.45) is 0. The van der Waals surface area contributed by atoms with E-state index < -0.39 is 11.8 Å². The summed E-state index contributed by atoms with van der Waals surface area (Å²) < 4.78 is 10.4. The maximum absolute atomic E-state index is 12.6. The van der Waals surface area contributed by atoms with Crippen molar-refractivity contribution in [1.29, 1.82) is 0 Å². The van der Waals surface area contributed by atoms with Crippen molar-refractivity contribution in [2.75, 3.05) is 20.8 Å². The van der Waals surface area contributed by atoms with Gasteiger partial charge in [0.05, 0.1) is 26.3 Å². The first-order chi connectivity index (χ1) is 12.5. The molecule has 0 aliphatic rings. The second kappa shape index (κ2) is 8.91. The first-order valence-corrected chi connectivity index (χ1v) is 8.37. The van der Waals surface area contributed by atoms with Crippen LogP contribution in [-0.4, -0.2) is 37.7 Å². The van der Waals surface area contributed by atoms with Crippen molar-refractivity contribution in [1.82, 2.24) is 5.32 Å². The van der Waals surface area contributed by atoms with Gasteiger partial charge in [0.15, 0.2) is 11.5 Å². The van der Waals surface area contributed by atoms with E-state index in [4.69, 9.17) is 15.2 Å². The molecule has 136 valence electrons. The Kier molecular flexibility index (Phi) is 6.62. The number of hydrogen-bond acceptors (Lipinski definition) is 6. The van der Waals surface area contributed by atoms with Gasteiger partial charge in [-0.05, 0) is 42.1 Å².